The molecule has 2 aromatic carbocycles. The Morgan fingerprint density at radius 3 is 2.33 bits per heavy atom. The van der Waals surface area contributed by atoms with Gasteiger partial charge in [0, 0.05) is 12.6 Å². The molecular formula is C24H28N2O3S. The molecule has 0 unspecified atom stereocenters. The number of carbonyl (C=O) groups excluding carboxylic acids is 1. The van der Waals surface area contributed by atoms with Gasteiger partial charge in [0.05, 0.1) is 10.6 Å². The Morgan fingerprint density at radius 2 is 1.77 bits per heavy atom. The molecule has 0 aliphatic carbocycles. The Balaban J connectivity index is 2.28. The fraction of sp³-hybridized carbons (Fsp3) is 0.208. The molecule has 2 aromatic rings. The van der Waals surface area contributed by atoms with Gasteiger partial charge in [-0.15, -0.1) is 0 Å². The topological polar surface area (TPSA) is 75.3 Å². The van der Waals surface area contributed by atoms with Gasteiger partial charge in [-0.25, -0.2) is 8.42 Å². The van der Waals surface area contributed by atoms with Crippen LogP contribution < -0.4 is 10.0 Å². The summed E-state index contributed by atoms with van der Waals surface area (Å²) in [5.74, 6) is -0.167. The van der Waals surface area contributed by atoms with Gasteiger partial charge in [0.15, 0.2) is 0 Å². The second-order valence-electron chi connectivity index (χ2n) is 7.09. The number of anilines is 1. The van der Waals surface area contributed by atoms with Crippen LogP contribution in [0.15, 0.2) is 83.4 Å². The van der Waals surface area contributed by atoms with Gasteiger partial charge in [-0.1, -0.05) is 42.5 Å². The van der Waals surface area contributed by atoms with Gasteiger partial charge in [-0.2, -0.15) is 0 Å². The molecule has 0 aliphatic heterocycles. The van der Waals surface area contributed by atoms with Crippen molar-refractivity contribution in [2.75, 3.05) is 4.72 Å². The van der Waals surface area contributed by atoms with Crippen molar-refractivity contribution in [1.82, 2.24) is 5.32 Å². The number of hydrogen-bond acceptors (Lipinski definition) is 3. The molecular weight excluding hydrogens is 396 g/mol. The number of nitrogens with one attached hydrogen (secondary N) is 2. The number of sulfonamides is 1. The third kappa shape index (κ3) is 6.46. The monoisotopic (exact) mass is 424 g/mol. The van der Waals surface area contributed by atoms with E-state index in [1.807, 2.05) is 51.1 Å². The normalized spacial score (nSPS) is 12.4. The first-order valence-electron chi connectivity index (χ1n) is 9.60. The average molecular weight is 425 g/mol. The molecule has 0 aliphatic rings. The molecule has 2 N–H and O–H groups in total. The highest BCUT2D eigenvalue weighted by molar-refractivity contribution is 7.92. The summed E-state index contributed by atoms with van der Waals surface area (Å²) in [6.07, 6.45) is 5.96. The predicted molar refractivity (Wildman–Crippen MR) is 123 cm³/mol. The highest BCUT2D eigenvalue weighted by Gasteiger charge is 2.15. The molecule has 0 saturated heterocycles. The van der Waals surface area contributed by atoms with E-state index in [9.17, 15) is 13.2 Å². The summed E-state index contributed by atoms with van der Waals surface area (Å²) >= 11 is 0. The molecule has 0 fully saturated rings. The minimum absolute atomic E-state index is 0.167. The van der Waals surface area contributed by atoms with Crippen molar-refractivity contribution in [2.45, 2.75) is 39.0 Å². The second-order valence-corrected chi connectivity index (χ2v) is 8.78. The van der Waals surface area contributed by atoms with E-state index in [1.165, 1.54) is 6.92 Å². The van der Waals surface area contributed by atoms with Gasteiger partial charge < -0.3 is 5.32 Å². The molecule has 0 aromatic heterocycles. The van der Waals surface area contributed by atoms with Gasteiger partial charge in [-0.3, -0.25) is 9.52 Å². The fourth-order valence-electron chi connectivity index (χ4n) is 2.83. The summed E-state index contributed by atoms with van der Waals surface area (Å²) in [7, 11) is -3.68. The summed E-state index contributed by atoms with van der Waals surface area (Å²) in [6.45, 7) is 10.8. The van der Waals surface area contributed by atoms with E-state index >= 15 is 0 Å². The number of aryl methyl sites for hydroxylation is 2. The highest BCUT2D eigenvalue weighted by Crippen LogP contribution is 2.23. The first kappa shape index (κ1) is 23.2. The van der Waals surface area contributed by atoms with Gasteiger partial charge in [0.1, 0.15) is 0 Å². The fourth-order valence-corrected chi connectivity index (χ4v) is 3.95. The van der Waals surface area contributed by atoms with Crippen LogP contribution in [0.5, 0.6) is 0 Å². The molecule has 6 heteroatoms. The van der Waals surface area contributed by atoms with Crippen molar-refractivity contribution in [3.8, 4) is 0 Å². The lowest BCUT2D eigenvalue weighted by molar-refractivity contribution is -0.118. The van der Waals surface area contributed by atoms with Crippen molar-refractivity contribution in [1.29, 1.82) is 0 Å². The van der Waals surface area contributed by atoms with E-state index in [1.54, 1.807) is 30.3 Å². The number of benzene rings is 2. The summed E-state index contributed by atoms with van der Waals surface area (Å²) in [5.41, 5.74) is 4.89. The SMILES string of the molecule is C=C/C(=C\C(=C/C)Cc1ccc(C)c(NS(=O)(=O)c2ccc(C)cc2)c1)NC(C)=O. The van der Waals surface area contributed by atoms with E-state index in [0.29, 0.717) is 17.8 Å². The molecule has 0 heterocycles. The maximum absolute atomic E-state index is 12.8. The molecule has 1 amide bonds. The minimum atomic E-state index is -3.68. The Labute approximate surface area is 179 Å². The molecule has 30 heavy (non-hydrogen) atoms. The van der Waals surface area contributed by atoms with Gasteiger partial charge in [0.25, 0.3) is 10.0 Å². The van der Waals surface area contributed by atoms with Gasteiger partial charge in [0.2, 0.25) is 5.91 Å². The molecule has 2 rings (SSSR count). The van der Waals surface area contributed by atoms with Crippen LogP contribution in [0.2, 0.25) is 0 Å². The van der Waals surface area contributed by atoms with Crippen molar-refractivity contribution in [3.05, 3.63) is 95.2 Å². The molecule has 0 bridgehead atoms. The van der Waals surface area contributed by atoms with E-state index in [2.05, 4.69) is 16.6 Å². The lowest BCUT2D eigenvalue weighted by atomic mass is 10.0. The van der Waals surface area contributed by atoms with Crippen LogP contribution in [0.1, 0.15) is 30.5 Å². The van der Waals surface area contributed by atoms with Crippen molar-refractivity contribution in [2.24, 2.45) is 0 Å². The smallest absolute Gasteiger partial charge is 0.261 e. The zero-order valence-corrected chi connectivity index (χ0v) is 18.6. The van der Waals surface area contributed by atoms with Crippen molar-refractivity contribution >= 4 is 21.6 Å². The van der Waals surface area contributed by atoms with E-state index in [-0.39, 0.29) is 10.8 Å². The molecule has 0 saturated carbocycles. The van der Waals surface area contributed by atoms with Crippen LogP contribution in [-0.4, -0.2) is 14.3 Å². The second kappa shape index (κ2) is 10.1. The molecule has 158 valence electrons. The Morgan fingerprint density at radius 1 is 1.10 bits per heavy atom. The summed E-state index contributed by atoms with van der Waals surface area (Å²) in [6, 6.07) is 12.4. The van der Waals surface area contributed by atoms with Crippen molar-refractivity contribution < 1.29 is 13.2 Å². The zero-order valence-electron chi connectivity index (χ0n) is 17.8. The van der Waals surface area contributed by atoms with E-state index in [4.69, 9.17) is 0 Å². The van der Waals surface area contributed by atoms with Crippen molar-refractivity contribution in [3.63, 3.8) is 0 Å². The minimum Gasteiger partial charge on any atom is -0.326 e. The summed E-state index contributed by atoms with van der Waals surface area (Å²) < 4.78 is 28.2. The number of rotatable bonds is 8. The quantitative estimate of drug-likeness (QED) is 0.598. The Hall–Kier alpha value is -3.12. The zero-order chi connectivity index (χ0) is 22.3. The first-order valence-corrected chi connectivity index (χ1v) is 11.1. The predicted octanol–water partition coefficient (Wildman–Crippen LogP) is 4.80. The van der Waals surface area contributed by atoms with Crippen LogP contribution in [0, 0.1) is 13.8 Å². The van der Waals surface area contributed by atoms with E-state index in [0.717, 1.165) is 22.3 Å². The van der Waals surface area contributed by atoms with Crippen LogP contribution in [-0.2, 0) is 21.2 Å². The van der Waals surface area contributed by atoms with Crippen LogP contribution in [0.25, 0.3) is 0 Å². The molecule has 0 atom stereocenters. The number of amides is 1. The molecule has 0 spiro atoms. The van der Waals surface area contributed by atoms with Crippen LogP contribution in [0.3, 0.4) is 0 Å². The summed E-state index contributed by atoms with van der Waals surface area (Å²) in [4.78, 5) is 11.5. The largest absolute Gasteiger partial charge is 0.326 e. The van der Waals surface area contributed by atoms with Crippen LogP contribution in [0.4, 0.5) is 5.69 Å². The van der Waals surface area contributed by atoms with Crippen LogP contribution >= 0.6 is 0 Å². The number of carbonyl (C=O) groups is 1. The number of hydrogen-bond donors (Lipinski definition) is 2. The van der Waals surface area contributed by atoms with E-state index < -0.39 is 10.0 Å². The maximum atomic E-state index is 12.8. The highest BCUT2D eigenvalue weighted by atomic mass is 32.2. The third-order valence-corrected chi connectivity index (χ3v) is 5.92. The maximum Gasteiger partial charge on any atom is 0.261 e. The Bertz CT molecular complexity index is 1100. The summed E-state index contributed by atoms with van der Waals surface area (Å²) in [5, 5.41) is 2.73. The Kier molecular flexibility index (Phi) is 7.78. The molecule has 0 radical (unpaired) electrons. The first-order chi connectivity index (χ1) is 14.1. The molecule has 5 nitrogen and oxygen atoms in total. The standard InChI is InChI=1S/C24H28N2O3S/c1-6-20(15-22(7-2)25-19(5)27)14-21-11-10-18(4)24(16-21)26-30(28,29)23-12-8-17(3)9-13-23/h6-13,15-16,26H,2,14H2,1,3-5H3,(H,25,27)/b20-6-,22-15+. The number of allylic oxidation sites excluding steroid dienone is 4. The van der Waals surface area contributed by atoms with Gasteiger partial charge >= 0.3 is 0 Å². The third-order valence-electron chi connectivity index (χ3n) is 4.54. The lowest BCUT2D eigenvalue weighted by Gasteiger charge is -2.13. The lowest BCUT2D eigenvalue weighted by Crippen LogP contribution is -2.17. The average Bonchev–Trinajstić information content (AvgIpc) is 2.69. The van der Waals surface area contributed by atoms with Gasteiger partial charge in [-0.05, 0) is 74.2 Å².